The molecule has 0 aliphatic carbocycles. The van der Waals surface area contributed by atoms with Gasteiger partial charge in [-0.15, -0.1) is 20.5 Å². The van der Waals surface area contributed by atoms with Gasteiger partial charge in [0.1, 0.15) is 22.0 Å². The number of hydrogen-bond acceptors (Lipinski definition) is 12. The lowest BCUT2D eigenvalue weighted by Gasteiger charge is -2.09. The smallest absolute Gasteiger partial charge is 0.296 e. The van der Waals surface area contributed by atoms with Crippen molar-refractivity contribution in [3.8, 4) is 5.75 Å². The fourth-order valence-electron chi connectivity index (χ4n) is 4.99. The molecule has 0 aliphatic rings. The second-order valence-corrected chi connectivity index (χ2v) is 14.6. The number of aromatic hydroxyl groups is 1. The average molecular weight is 708 g/mol. The Morgan fingerprint density at radius 3 is 1.79 bits per heavy atom. The molecule has 0 saturated heterocycles. The van der Waals surface area contributed by atoms with E-state index in [4.69, 9.17) is 5.73 Å². The average Bonchev–Trinajstić information content (AvgIpc) is 3.01. The number of azo groups is 2. The van der Waals surface area contributed by atoms with Crippen LogP contribution in [0.15, 0.2) is 126 Å². The Morgan fingerprint density at radius 2 is 1.10 bits per heavy atom. The summed E-state index contributed by atoms with van der Waals surface area (Å²) >= 11 is 0. The lowest BCUT2D eigenvalue weighted by molar-refractivity contribution is 0.477. The minimum Gasteiger partial charge on any atom is -0.506 e. The number of nitrogens with two attached hydrogens (primary N) is 1. The van der Waals surface area contributed by atoms with Gasteiger partial charge < -0.3 is 10.8 Å². The Morgan fingerprint density at radius 1 is 0.500 bits per heavy atom. The van der Waals surface area contributed by atoms with Crippen LogP contribution in [0.25, 0.3) is 32.3 Å². The van der Waals surface area contributed by atoms with Crippen LogP contribution in [-0.4, -0.2) is 44.0 Å². The van der Waals surface area contributed by atoms with E-state index in [-0.39, 0.29) is 44.7 Å². The number of benzene rings is 6. The standard InChI is InChI=1S/C30H21N5O10S3/c31-24-3-1-2-22-20(24)8-11-28(36)30(22)35-33-26-10-9-25(21-7-6-19(15-23(21)26)47(40,41)42)32-34-27-13-16-4-5-18(46(37,38)39)12-17(16)14-29(27)48(43,44)45/h1-15,36H,31H2,(H,37,38,39)(H,40,41,42)(H,43,44,45)/b34-32+,35-33+. The highest BCUT2D eigenvalue weighted by molar-refractivity contribution is 7.86. The van der Waals surface area contributed by atoms with Crippen molar-refractivity contribution < 1.29 is 44.0 Å². The van der Waals surface area contributed by atoms with E-state index in [1.54, 1.807) is 24.3 Å². The van der Waals surface area contributed by atoms with E-state index in [0.29, 0.717) is 21.8 Å². The number of phenolic OH excluding ortho intramolecular Hbond substituents is 1. The first-order valence-electron chi connectivity index (χ1n) is 13.4. The van der Waals surface area contributed by atoms with Gasteiger partial charge in [0.15, 0.2) is 0 Å². The molecule has 0 saturated carbocycles. The van der Waals surface area contributed by atoms with Crippen molar-refractivity contribution in [2.45, 2.75) is 14.7 Å². The number of fused-ring (bicyclic) bond motifs is 3. The second-order valence-electron chi connectivity index (χ2n) is 10.3. The molecule has 0 radical (unpaired) electrons. The topological polar surface area (TPSA) is 259 Å². The molecule has 48 heavy (non-hydrogen) atoms. The van der Waals surface area contributed by atoms with Crippen LogP contribution in [0.3, 0.4) is 0 Å². The van der Waals surface area contributed by atoms with Crippen LogP contribution < -0.4 is 5.73 Å². The van der Waals surface area contributed by atoms with Gasteiger partial charge in [-0.05, 0) is 77.5 Å². The monoisotopic (exact) mass is 707 g/mol. The Balaban J connectivity index is 1.50. The highest BCUT2D eigenvalue weighted by Crippen LogP contribution is 2.41. The molecule has 0 aromatic heterocycles. The van der Waals surface area contributed by atoms with E-state index in [1.165, 1.54) is 36.4 Å². The van der Waals surface area contributed by atoms with Crippen LogP contribution in [0.4, 0.5) is 28.4 Å². The summed E-state index contributed by atoms with van der Waals surface area (Å²) in [6, 6.07) is 20.0. The molecule has 18 heteroatoms. The zero-order valence-electron chi connectivity index (χ0n) is 24.0. The highest BCUT2D eigenvalue weighted by Gasteiger charge is 2.20. The maximum Gasteiger partial charge on any atom is 0.296 e. The van der Waals surface area contributed by atoms with E-state index in [2.05, 4.69) is 20.5 Å². The lowest BCUT2D eigenvalue weighted by Crippen LogP contribution is -2.00. The van der Waals surface area contributed by atoms with Gasteiger partial charge in [0, 0.05) is 27.2 Å². The van der Waals surface area contributed by atoms with Crippen LogP contribution in [0, 0.1) is 0 Å². The first kappa shape index (κ1) is 32.6. The van der Waals surface area contributed by atoms with E-state index in [0.717, 1.165) is 30.3 Å². The van der Waals surface area contributed by atoms with Gasteiger partial charge in [-0.2, -0.15) is 25.3 Å². The number of phenols is 1. The maximum atomic E-state index is 12.3. The van der Waals surface area contributed by atoms with Crippen molar-refractivity contribution in [1.82, 2.24) is 0 Å². The van der Waals surface area contributed by atoms with Gasteiger partial charge in [-0.3, -0.25) is 13.7 Å². The third-order valence-electron chi connectivity index (χ3n) is 7.27. The van der Waals surface area contributed by atoms with Gasteiger partial charge in [-0.25, -0.2) is 0 Å². The minimum absolute atomic E-state index is 0.0505. The molecule has 0 bridgehead atoms. The third kappa shape index (κ3) is 6.30. The van der Waals surface area contributed by atoms with Crippen molar-refractivity contribution in [3.63, 3.8) is 0 Å². The SMILES string of the molecule is Nc1cccc2c(/N=N/c3ccc(/N=N/c4cc5ccc(S(=O)(=O)O)cc5cc4S(=O)(=O)O)c4ccc(S(=O)(=O)O)cc34)c(O)ccc12. The lowest BCUT2D eigenvalue weighted by atomic mass is 10.1. The Hall–Kier alpha value is -5.37. The molecule has 0 spiro atoms. The van der Waals surface area contributed by atoms with Crippen LogP contribution >= 0.6 is 0 Å². The van der Waals surface area contributed by atoms with Crippen LogP contribution in [-0.2, 0) is 30.4 Å². The maximum absolute atomic E-state index is 12.3. The van der Waals surface area contributed by atoms with Crippen LogP contribution in [0.2, 0.25) is 0 Å². The molecule has 0 unspecified atom stereocenters. The second kappa shape index (κ2) is 11.7. The number of nitrogens with zero attached hydrogens (tertiary/aromatic N) is 4. The number of rotatable bonds is 7. The molecule has 6 N–H and O–H groups in total. The summed E-state index contributed by atoms with van der Waals surface area (Å²) in [5, 5.41) is 28.9. The first-order valence-corrected chi connectivity index (χ1v) is 17.7. The number of nitrogen functional groups attached to an aromatic ring is 1. The molecule has 244 valence electrons. The molecule has 6 aromatic carbocycles. The molecule has 0 heterocycles. The fourth-order valence-corrected chi connectivity index (χ4v) is 6.65. The fraction of sp³-hybridized carbons (Fsp3) is 0. The molecule has 0 amide bonds. The normalized spacial score (nSPS) is 13.0. The Labute approximate surface area is 272 Å². The van der Waals surface area contributed by atoms with Crippen molar-refractivity contribution in [2.75, 3.05) is 5.73 Å². The van der Waals surface area contributed by atoms with Crippen molar-refractivity contribution in [3.05, 3.63) is 91.0 Å². The summed E-state index contributed by atoms with van der Waals surface area (Å²) in [6.45, 7) is 0. The van der Waals surface area contributed by atoms with E-state index >= 15 is 0 Å². The van der Waals surface area contributed by atoms with Crippen molar-refractivity contribution in [1.29, 1.82) is 0 Å². The molecule has 6 rings (SSSR count). The van der Waals surface area contributed by atoms with Crippen LogP contribution in [0.1, 0.15) is 0 Å². The van der Waals surface area contributed by atoms with E-state index in [9.17, 15) is 44.0 Å². The zero-order valence-corrected chi connectivity index (χ0v) is 26.4. The van der Waals surface area contributed by atoms with E-state index < -0.39 is 45.0 Å². The molecule has 0 fully saturated rings. The minimum atomic E-state index is -4.92. The first-order chi connectivity index (χ1) is 22.5. The zero-order chi connectivity index (χ0) is 34.6. The number of anilines is 1. The highest BCUT2D eigenvalue weighted by atomic mass is 32.2. The largest absolute Gasteiger partial charge is 0.506 e. The summed E-state index contributed by atoms with van der Waals surface area (Å²) in [5.74, 6) is -0.204. The molecule has 0 aliphatic heterocycles. The van der Waals surface area contributed by atoms with Gasteiger partial charge >= 0.3 is 0 Å². The molecular formula is C30H21N5O10S3. The van der Waals surface area contributed by atoms with Gasteiger partial charge in [0.05, 0.1) is 21.2 Å². The van der Waals surface area contributed by atoms with Crippen molar-refractivity contribution in [2.24, 2.45) is 20.5 Å². The Kier molecular flexibility index (Phi) is 7.94. The van der Waals surface area contributed by atoms with Gasteiger partial charge in [0.25, 0.3) is 30.4 Å². The third-order valence-corrected chi connectivity index (χ3v) is 9.86. The molecule has 6 aromatic rings. The summed E-state index contributed by atoms with van der Waals surface area (Å²) in [5.41, 5.74) is 6.41. The summed E-state index contributed by atoms with van der Waals surface area (Å²) in [4.78, 5) is -1.70. The molecule has 0 atom stereocenters. The number of hydrogen-bond donors (Lipinski definition) is 5. The predicted octanol–water partition coefficient (Wildman–Crippen LogP) is 7.00. The Bertz CT molecular complexity index is 2730. The summed E-state index contributed by atoms with van der Waals surface area (Å²) < 4.78 is 101. The summed E-state index contributed by atoms with van der Waals surface area (Å²) in [7, 11) is -14.2. The van der Waals surface area contributed by atoms with Crippen molar-refractivity contribution >= 4 is 91.1 Å². The van der Waals surface area contributed by atoms with Crippen LogP contribution in [0.5, 0.6) is 5.75 Å². The molecule has 15 nitrogen and oxygen atoms in total. The van der Waals surface area contributed by atoms with E-state index in [1.807, 2.05) is 0 Å². The summed E-state index contributed by atoms with van der Waals surface area (Å²) in [6.07, 6.45) is 0. The predicted molar refractivity (Wildman–Crippen MR) is 176 cm³/mol. The van der Waals surface area contributed by atoms with Gasteiger partial charge in [0.2, 0.25) is 0 Å². The molecular weight excluding hydrogens is 687 g/mol. The van der Waals surface area contributed by atoms with Gasteiger partial charge in [-0.1, -0.05) is 24.3 Å². The quantitative estimate of drug-likeness (QED) is 0.0640.